The first-order chi connectivity index (χ1) is 17.8. The number of anilines is 2. The number of allylic oxidation sites excluding steroid dienone is 2. The molecule has 2 aromatic rings. The molecule has 9 nitrogen and oxygen atoms in total. The first-order valence-electron chi connectivity index (χ1n) is 12.7. The second kappa shape index (κ2) is 11.8. The zero-order chi connectivity index (χ0) is 26.5. The predicted octanol–water partition coefficient (Wildman–Crippen LogP) is 2.67. The molecule has 2 aliphatic rings. The number of halogens is 1. The molecule has 0 spiro atoms. The van der Waals surface area contributed by atoms with Crippen LogP contribution in [0.1, 0.15) is 26.7 Å². The third kappa shape index (κ3) is 5.99. The fourth-order valence-corrected chi connectivity index (χ4v) is 5.38. The van der Waals surface area contributed by atoms with Crippen molar-refractivity contribution in [2.45, 2.75) is 38.8 Å². The molecule has 37 heavy (non-hydrogen) atoms. The van der Waals surface area contributed by atoms with Crippen LogP contribution in [-0.4, -0.2) is 77.8 Å². The summed E-state index contributed by atoms with van der Waals surface area (Å²) >= 11 is 6.56. The first kappa shape index (κ1) is 26.8. The fraction of sp³-hybridized carbons (Fsp3) is 0.444. The molecule has 2 saturated heterocycles. The van der Waals surface area contributed by atoms with E-state index in [9.17, 15) is 9.90 Å². The summed E-state index contributed by atoms with van der Waals surface area (Å²) in [6.45, 7) is 6.88. The molecule has 3 heterocycles. The van der Waals surface area contributed by atoms with Gasteiger partial charge < -0.3 is 30.9 Å². The summed E-state index contributed by atoms with van der Waals surface area (Å²) in [5, 5.41) is 13.5. The molecular formula is C27H36ClN7O2. The maximum absolute atomic E-state index is 11.5. The Kier molecular flexibility index (Phi) is 8.56. The van der Waals surface area contributed by atoms with Gasteiger partial charge in [-0.05, 0) is 32.8 Å². The highest BCUT2D eigenvalue weighted by Gasteiger charge is 2.30. The Morgan fingerprint density at radius 2 is 1.97 bits per heavy atom. The van der Waals surface area contributed by atoms with Gasteiger partial charge in [-0.25, -0.2) is 4.98 Å². The lowest BCUT2D eigenvalue weighted by atomic mass is 10.1. The van der Waals surface area contributed by atoms with Gasteiger partial charge in [0.2, 0.25) is 11.9 Å². The zero-order valence-electron chi connectivity index (χ0n) is 21.7. The Labute approximate surface area is 223 Å². The Bertz CT molecular complexity index is 1170. The number of aliphatic hydroxyl groups excluding tert-OH is 1. The van der Waals surface area contributed by atoms with Crippen molar-refractivity contribution in [3.63, 3.8) is 0 Å². The van der Waals surface area contributed by atoms with Crippen LogP contribution >= 0.6 is 11.6 Å². The molecule has 0 radical (unpaired) electrons. The highest BCUT2D eigenvalue weighted by atomic mass is 35.5. The van der Waals surface area contributed by atoms with Gasteiger partial charge in [-0.3, -0.25) is 4.79 Å². The Balaban J connectivity index is 1.64. The molecule has 4 rings (SSSR count). The van der Waals surface area contributed by atoms with E-state index in [1.807, 2.05) is 25.2 Å². The minimum Gasteiger partial charge on any atom is -0.394 e. The molecule has 0 aliphatic carbocycles. The molecule has 0 saturated carbocycles. The average Bonchev–Trinajstić information content (AvgIpc) is 3.38. The SMILES string of the molecule is CN/C(=C(Cl)\C=C(/C)C(N)=O)N1CCN(c2cc(-c3ccccc3)nc(N3CCCC3CO)n2)C(C)C1. The van der Waals surface area contributed by atoms with Crippen LogP contribution < -0.4 is 20.9 Å². The summed E-state index contributed by atoms with van der Waals surface area (Å²) < 4.78 is 0. The number of primary amides is 1. The topological polar surface area (TPSA) is 111 Å². The van der Waals surface area contributed by atoms with E-state index < -0.39 is 5.91 Å². The van der Waals surface area contributed by atoms with Crippen LogP contribution in [0.4, 0.5) is 11.8 Å². The zero-order valence-corrected chi connectivity index (χ0v) is 22.4. The van der Waals surface area contributed by atoms with Crippen molar-refractivity contribution >= 4 is 29.3 Å². The Morgan fingerprint density at radius 1 is 1.22 bits per heavy atom. The summed E-state index contributed by atoms with van der Waals surface area (Å²) in [7, 11) is 1.82. The van der Waals surface area contributed by atoms with Gasteiger partial charge >= 0.3 is 0 Å². The standard InChI is InChI=1S/C27H36ClN7O2/c1-18(25(29)37)14-22(28)26(30-3)33-12-13-34(19(2)16-33)24-15-23(20-8-5-4-6-9-20)31-27(32-24)35-11-7-10-21(35)17-36/h4-6,8-9,14-15,19,21,30,36H,7,10-13,16-17H2,1-3H3,(H2,29,37)/b18-14+,26-22-. The summed E-state index contributed by atoms with van der Waals surface area (Å²) in [4.78, 5) is 28.0. The lowest BCUT2D eigenvalue weighted by molar-refractivity contribution is -0.114. The number of rotatable bonds is 8. The highest BCUT2D eigenvalue weighted by Crippen LogP contribution is 2.31. The second-order valence-electron chi connectivity index (χ2n) is 9.58. The number of nitrogens with two attached hydrogens (primary N) is 1. The number of hydrogen-bond acceptors (Lipinski definition) is 8. The molecule has 1 aromatic heterocycles. The molecule has 2 atom stereocenters. The average molecular weight is 526 g/mol. The second-order valence-corrected chi connectivity index (χ2v) is 9.98. The number of piperazine rings is 1. The number of aromatic nitrogens is 2. The van der Waals surface area contributed by atoms with Crippen LogP contribution in [0.5, 0.6) is 0 Å². The van der Waals surface area contributed by atoms with Gasteiger partial charge in [0.05, 0.1) is 23.4 Å². The third-order valence-corrected chi connectivity index (χ3v) is 7.34. The van der Waals surface area contributed by atoms with Crippen LogP contribution in [0.15, 0.2) is 58.9 Å². The number of carbonyl (C=O) groups is 1. The maximum atomic E-state index is 11.5. The lowest BCUT2D eigenvalue weighted by Gasteiger charge is -2.42. The van der Waals surface area contributed by atoms with Gasteiger partial charge in [-0.1, -0.05) is 41.9 Å². The number of benzene rings is 1. The maximum Gasteiger partial charge on any atom is 0.244 e. The van der Waals surface area contributed by atoms with Crippen LogP contribution in [0.25, 0.3) is 11.3 Å². The molecule has 2 unspecified atom stereocenters. The number of carbonyl (C=O) groups excluding carboxylic acids is 1. The smallest absolute Gasteiger partial charge is 0.244 e. The summed E-state index contributed by atoms with van der Waals surface area (Å²) in [5.41, 5.74) is 7.67. The van der Waals surface area contributed by atoms with Crippen LogP contribution in [0, 0.1) is 0 Å². The van der Waals surface area contributed by atoms with Crippen molar-refractivity contribution in [3.05, 3.63) is 58.9 Å². The molecule has 1 amide bonds. The van der Waals surface area contributed by atoms with Crippen molar-refractivity contribution in [2.24, 2.45) is 5.73 Å². The van der Waals surface area contributed by atoms with E-state index in [0.717, 1.165) is 48.8 Å². The highest BCUT2D eigenvalue weighted by molar-refractivity contribution is 6.31. The van der Waals surface area contributed by atoms with Crippen LogP contribution in [-0.2, 0) is 4.79 Å². The predicted molar refractivity (Wildman–Crippen MR) is 148 cm³/mol. The van der Waals surface area contributed by atoms with E-state index >= 15 is 0 Å². The van der Waals surface area contributed by atoms with E-state index in [0.29, 0.717) is 29.6 Å². The molecule has 198 valence electrons. The van der Waals surface area contributed by atoms with Crippen molar-refractivity contribution in [2.75, 3.05) is 49.6 Å². The van der Waals surface area contributed by atoms with Gasteiger partial charge in [0.25, 0.3) is 0 Å². The van der Waals surface area contributed by atoms with E-state index in [4.69, 9.17) is 27.3 Å². The Morgan fingerprint density at radius 3 is 2.62 bits per heavy atom. The van der Waals surface area contributed by atoms with Crippen molar-refractivity contribution in [3.8, 4) is 11.3 Å². The van der Waals surface area contributed by atoms with E-state index in [-0.39, 0.29) is 18.7 Å². The summed E-state index contributed by atoms with van der Waals surface area (Å²) in [5.74, 6) is 1.78. The minimum absolute atomic E-state index is 0.0375. The summed E-state index contributed by atoms with van der Waals surface area (Å²) in [6, 6.07) is 12.3. The fourth-order valence-electron chi connectivity index (χ4n) is 5.00. The first-order valence-corrected chi connectivity index (χ1v) is 13.1. The molecule has 1 aromatic carbocycles. The number of aliphatic hydroxyl groups is 1. The summed E-state index contributed by atoms with van der Waals surface area (Å²) in [6.07, 6.45) is 3.55. The number of nitrogens with one attached hydrogen (secondary N) is 1. The Hall–Kier alpha value is -3.30. The molecule has 4 N–H and O–H groups in total. The number of nitrogens with zero attached hydrogens (tertiary/aromatic N) is 5. The molecular weight excluding hydrogens is 490 g/mol. The molecule has 10 heteroatoms. The number of amides is 1. The normalized spacial score (nSPS) is 21.2. The van der Waals surface area contributed by atoms with Gasteiger partial charge in [-0.2, -0.15) is 4.98 Å². The quantitative estimate of drug-likeness (QED) is 0.356. The van der Waals surface area contributed by atoms with Crippen molar-refractivity contribution in [1.29, 1.82) is 0 Å². The third-order valence-electron chi connectivity index (χ3n) is 7.05. The lowest BCUT2D eigenvalue weighted by Crippen LogP contribution is -2.53. The van der Waals surface area contributed by atoms with Crippen LogP contribution in [0.2, 0.25) is 0 Å². The van der Waals surface area contributed by atoms with Gasteiger partial charge in [0.15, 0.2) is 0 Å². The molecule has 0 bridgehead atoms. The molecule has 2 fully saturated rings. The van der Waals surface area contributed by atoms with E-state index in [1.54, 1.807) is 13.0 Å². The van der Waals surface area contributed by atoms with Crippen molar-refractivity contribution in [1.82, 2.24) is 20.2 Å². The van der Waals surface area contributed by atoms with Gasteiger partial charge in [0.1, 0.15) is 11.6 Å². The largest absolute Gasteiger partial charge is 0.394 e. The molecule has 2 aliphatic heterocycles. The number of hydrogen-bond donors (Lipinski definition) is 3. The van der Waals surface area contributed by atoms with E-state index in [2.05, 4.69) is 45.1 Å². The van der Waals surface area contributed by atoms with Crippen LogP contribution in [0.3, 0.4) is 0 Å². The minimum atomic E-state index is -0.498. The van der Waals surface area contributed by atoms with Gasteiger partial charge in [-0.15, -0.1) is 0 Å². The van der Waals surface area contributed by atoms with Crippen molar-refractivity contribution < 1.29 is 9.90 Å². The monoisotopic (exact) mass is 525 g/mol. The van der Waals surface area contributed by atoms with Gasteiger partial charge in [0, 0.05) is 56.5 Å². The van der Waals surface area contributed by atoms with E-state index in [1.165, 1.54) is 0 Å².